The van der Waals surface area contributed by atoms with E-state index in [1.807, 2.05) is 62.4 Å². The number of imide groups is 1. The van der Waals surface area contributed by atoms with Gasteiger partial charge >= 0.3 is 5.97 Å². The van der Waals surface area contributed by atoms with Gasteiger partial charge in [0, 0.05) is 6.42 Å². The summed E-state index contributed by atoms with van der Waals surface area (Å²) in [7, 11) is 0. The summed E-state index contributed by atoms with van der Waals surface area (Å²) in [5.41, 5.74) is 4.44. The van der Waals surface area contributed by atoms with Crippen LogP contribution in [0.1, 0.15) is 43.0 Å². The topological polar surface area (TPSA) is 63.7 Å². The Bertz CT molecular complexity index is 1120. The van der Waals surface area contributed by atoms with Gasteiger partial charge in [-0.2, -0.15) is 0 Å². The van der Waals surface area contributed by atoms with Crippen LogP contribution in [-0.2, 0) is 22.6 Å². The van der Waals surface area contributed by atoms with Crippen molar-refractivity contribution in [1.29, 1.82) is 0 Å². The SMILES string of the molecule is Cc1ccc(C)c(COC(=O)[C@H](Cc2ccccc2)N2C(=O)c3ccccc3C2=O)c1. The second-order valence-electron chi connectivity index (χ2n) is 7.77. The van der Waals surface area contributed by atoms with Crippen LogP contribution in [-0.4, -0.2) is 28.7 Å². The van der Waals surface area contributed by atoms with Gasteiger partial charge in [-0.15, -0.1) is 0 Å². The molecule has 0 radical (unpaired) electrons. The largest absolute Gasteiger partial charge is 0.459 e. The van der Waals surface area contributed by atoms with Crippen molar-refractivity contribution in [1.82, 2.24) is 4.90 Å². The Morgan fingerprint density at radius 1 is 0.871 bits per heavy atom. The Labute approximate surface area is 181 Å². The molecule has 0 bridgehead atoms. The zero-order valence-corrected chi connectivity index (χ0v) is 17.5. The van der Waals surface area contributed by atoms with Crippen molar-refractivity contribution < 1.29 is 19.1 Å². The standard InChI is InChI=1S/C26H23NO4/c1-17-12-13-18(2)20(14-17)16-31-26(30)23(15-19-8-4-3-5-9-19)27-24(28)21-10-6-7-11-22(21)25(27)29/h3-14,23H,15-16H2,1-2H3/t23-/m0/s1. The molecule has 0 saturated carbocycles. The molecule has 3 aromatic rings. The van der Waals surface area contributed by atoms with Gasteiger partial charge in [0.15, 0.2) is 0 Å². The van der Waals surface area contributed by atoms with Crippen molar-refractivity contribution in [3.8, 4) is 0 Å². The maximum absolute atomic E-state index is 13.2. The highest BCUT2D eigenvalue weighted by Crippen LogP contribution is 2.27. The van der Waals surface area contributed by atoms with Gasteiger partial charge in [-0.3, -0.25) is 14.5 Å². The molecular weight excluding hydrogens is 390 g/mol. The minimum Gasteiger partial charge on any atom is -0.459 e. The van der Waals surface area contributed by atoms with E-state index >= 15 is 0 Å². The molecule has 0 fully saturated rings. The quantitative estimate of drug-likeness (QED) is 0.448. The first kappa shape index (κ1) is 20.5. The Kier molecular flexibility index (Phi) is 5.67. The number of aryl methyl sites for hydroxylation is 2. The van der Waals surface area contributed by atoms with Gasteiger partial charge in [-0.05, 0) is 42.7 Å². The maximum atomic E-state index is 13.2. The first-order chi connectivity index (χ1) is 15.0. The lowest BCUT2D eigenvalue weighted by Gasteiger charge is -2.25. The molecule has 3 aromatic carbocycles. The summed E-state index contributed by atoms with van der Waals surface area (Å²) in [6.45, 7) is 4.01. The van der Waals surface area contributed by atoms with Crippen LogP contribution in [0, 0.1) is 13.8 Å². The molecule has 5 heteroatoms. The number of hydrogen-bond acceptors (Lipinski definition) is 4. The molecule has 1 heterocycles. The summed E-state index contributed by atoms with van der Waals surface area (Å²) in [5.74, 6) is -1.53. The van der Waals surface area contributed by atoms with Crippen LogP contribution in [0.2, 0.25) is 0 Å². The van der Waals surface area contributed by atoms with Crippen molar-refractivity contribution in [2.24, 2.45) is 0 Å². The lowest BCUT2D eigenvalue weighted by Crippen LogP contribution is -2.47. The molecule has 1 atom stereocenters. The Balaban J connectivity index is 1.62. The van der Waals surface area contributed by atoms with Crippen molar-refractivity contribution in [3.63, 3.8) is 0 Å². The van der Waals surface area contributed by atoms with Crippen molar-refractivity contribution in [2.45, 2.75) is 32.9 Å². The van der Waals surface area contributed by atoms with Gasteiger partial charge in [0.2, 0.25) is 0 Å². The number of amides is 2. The van der Waals surface area contributed by atoms with Crippen LogP contribution in [0.25, 0.3) is 0 Å². The van der Waals surface area contributed by atoms with Crippen LogP contribution in [0.15, 0.2) is 72.8 Å². The second kappa shape index (κ2) is 8.56. The minimum atomic E-state index is -1.04. The molecule has 1 aliphatic heterocycles. The number of fused-ring (bicyclic) bond motifs is 1. The van der Waals surface area contributed by atoms with E-state index in [0.29, 0.717) is 11.1 Å². The third-order valence-electron chi connectivity index (χ3n) is 5.56. The average molecular weight is 413 g/mol. The highest BCUT2D eigenvalue weighted by Gasteiger charge is 2.43. The third-order valence-corrected chi connectivity index (χ3v) is 5.56. The molecule has 2 amide bonds. The highest BCUT2D eigenvalue weighted by atomic mass is 16.5. The number of ether oxygens (including phenoxy) is 1. The fourth-order valence-electron chi connectivity index (χ4n) is 3.81. The Hall–Kier alpha value is -3.73. The van der Waals surface area contributed by atoms with E-state index in [9.17, 15) is 14.4 Å². The average Bonchev–Trinajstić information content (AvgIpc) is 3.03. The highest BCUT2D eigenvalue weighted by molar-refractivity contribution is 6.22. The number of benzene rings is 3. The second-order valence-corrected chi connectivity index (χ2v) is 7.77. The summed E-state index contributed by atoms with van der Waals surface area (Å²) in [5, 5.41) is 0. The molecule has 0 saturated heterocycles. The number of nitrogens with zero attached hydrogens (tertiary/aromatic N) is 1. The van der Waals surface area contributed by atoms with Crippen LogP contribution in [0.5, 0.6) is 0 Å². The minimum absolute atomic E-state index is 0.0841. The van der Waals surface area contributed by atoms with E-state index < -0.39 is 23.8 Å². The first-order valence-corrected chi connectivity index (χ1v) is 10.2. The van der Waals surface area contributed by atoms with E-state index in [1.54, 1.807) is 24.3 Å². The summed E-state index contributed by atoms with van der Waals surface area (Å²) in [6, 6.07) is 20.8. The lowest BCUT2D eigenvalue weighted by molar-refractivity contribution is -0.149. The fourth-order valence-corrected chi connectivity index (χ4v) is 3.81. The van der Waals surface area contributed by atoms with E-state index in [1.165, 1.54) is 0 Å². The molecule has 5 nitrogen and oxygen atoms in total. The van der Waals surface area contributed by atoms with Crippen molar-refractivity contribution in [3.05, 3.63) is 106 Å². The molecular formula is C26H23NO4. The van der Waals surface area contributed by atoms with Gasteiger partial charge in [0.05, 0.1) is 11.1 Å². The molecule has 156 valence electrons. The predicted molar refractivity (Wildman–Crippen MR) is 117 cm³/mol. The maximum Gasteiger partial charge on any atom is 0.330 e. The molecule has 4 rings (SSSR count). The number of hydrogen-bond donors (Lipinski definition) is 0. The molecule has 0 N–H and O–H groups in total. The first-order valence-electron chi connectivity index (χ1n) is 10.2. The monoisotopic (exact) mass is 413 g/mol. The van der Waals surface area contributed by atoms with Crippen LogP contribution in [0.4, 0.5) is 0 Å². The van der Waals surface area contributed by atoms with E-state index in [0.717, 1.165) is 27.2 Å². The summed E-state index contributed by atoms with van der Waals surface area (Å²) < 4.78 is 5.62. The van der Waals surface area contributed by atoms with Gasteiger partial charge in [-0.25, -0.2) is 4.79 Å². The normalized spacial score (nSPS) is 13.8. The van der Waals surface area contributed by atoms with Gasteiger partial charge in [0.1, 0.15) is 12.6 Å². The number of esters is 1. The Morgan fingerprint density at radius 3 is 2.13 bits per heavy atom. The molecule has 0 aromatic heterocycles. The third kappa shape index (κ3) is 4.12. The predicted octanol–water partition coefficient (Wildman–Crippen LogP) is 4.25. The fraction of sp³-hybridized carbons (Fsp3) is 0.192. The number of carbonyl (C=O) groups is 3. The van der Waals surface area contributed by atoms with E-state index in [2.05, 4.69) is 0 Å². The van der Waals surface area contributed by atoms with Crippen LogP contribution in [0.3, 0.4) is 0 Å². The van der Waals surface area contributed by atoms with Gasteiger partial charge < -0.3 is 4.74 Å². The zero-order valence-electron chi connectivity index (χ0n) is 17.5. The summed E-state index contributed by atoms with van der Waals surface area (Å²) >= 11 is 0. The molecule has 0 aliphatic carbocycles. The van der Waals surface area contributed by atoms with Crippen molar-refractivity contribution in [2.75, 3.05) is 0 Å². The Morgan fingerprint density at radius 2 is 1.48 bits per heavy atom. The molecule has 0 unspecified atom stereocenters. The number of rotatable bonds is 6. The lowest BCUT2D eigenvalue weighted by atomic mass is 10.0. The molecule has 31 heavy (non-hydrogen) atoms. The van der Waals surface area contributed by atoms with Crippen molar-refractivity contribution >= 4 is 17.8 Å². The van der Waals surface area contributed by atoms with Gasteiger partial charge in [-0.1, -0.05) is 66.2 Å². The summed E-state index contributed by atoms with van der Waals surface area (Å²) in [4.78, 5) is 40.2. The van der Waals surface area contributed by atoms with Gasteiger partial charge in [0.25, 0.3) is 11.8 Å². The van der Waals surface area contributed by atoms with E-state index in [4.69, 9.17) is 4.74 Å². The zero-order chi connectivity index (χ0) is 22.0. The molecule has 1 aliphatic rings. The van der Waals surface area contributed by atoms with Crippen LogP contribution >= 0.6 is 0 Å². The summed E-state index contributed by atoms with van der Waals surface area (Å²) in [6.07, 6.45) is 0.192. The molecule has 0 spiro atoms. The smallest absolute Gasteiger partial charge is 0.330 e. The number of carbonyl (C=O) groups excluding carboxylic acids is 3. The van der Waals surface area contributed by atoms with Crippen LogP contribution < -0.4 is 0 Å². The van der Waals surface area contributed by atoms with E-state index in [-0.39, 0.29) is 13.0 Å².